The van der Waals surface area contributed by atoms with Gasteiger partial charge in [-0.25, -0.2) is 0 Å². The maximum Gasteiger partial charge on any atom is 0.0853 e. The van der Waals surface area contributed by atoms with Crippen LogP contribution < -0.4 is 0 Å². The second kappa shape index (κ2) is 2.46. The Morgan fingerprint density at radius 1 is 1.58 bits per heavy atom. The SMILES string of the molecule is N#CC1(c2cnccc2Cl)CC1. The van der Waals surface area contributed by atoms with E-state index in [0.29, 0.717) is 5.02 Å². The van der Waals surface area contributed by atoms with E-state index in [1.807, 2.05) is 0 Å². The highest BCUT2D eigenvalue weighted by Gasteiger charge is 2.46. The molecule has 3 heteroatoms. The quantitative estimate of drug-likeness (QED) is 0.662. The summed E-state index contributed by atoms with van der Waals surface area (Å²) >= 11 is 5.94. The number of halogens is 1. The molecule has 1 aliphatic rings. The third-order valence-corrected chi connectivity index (χ3v) is 2.58. The molecule has 2 nitrogen and oxygen atoms in total. The van der Waals surface area contributed by atoms with E-state index in [1.54, 1.807) is 18.5 Å². The van der Waals surface area contributed by atoms with Crippen LogP contribution in [0.5, 0.6) is 0 Å². The van der Waals surface area contributed by atoms with Crippen molar-refractivity contribution in [2.45, 2.75) is 18.3 Å². The van der Waals surface area contributed by atoms with Gasteiger partial charge in [0.25, 0.3) is 0 Å². The minimum absolute atomic E-state index is 0.314. The molecule has 0 aromatic carbocycles. The standard InChI is InChI=1S/C9H7ClN2/c10-8-1-4-12-5-7(8)9(6-11)2-3-9/h1,4-5H,2-3H2. The molecule has 0 N–H and O–H groups in total. The Labute approximate surface area is 75.8 Å². The Hall–Kier alpha value is -1.07. The van der Waals surface area contributed by atoms with Gasteiger partial charge in [-0.1, -0.05) is 11.6 Å². The van der Waals surface area contributed by atoms with Crippen molar-refractivity contribution in [3.8, 4) is 6.07 Å². The molecule has 1 aliphatic carbocycles. The summed E-state index contributed by atoms with van der Waals surface area (Å²) < 4.78 is 0. The minimum Gasteiger partial charge on any atom is -0.264 e. The first-order valence-corrected chi connectivity index (χ1v) is 4.17. The van der Waals surface area contributed by atoms with Crippen molar-refractivity contribution in [2.24, 2.45) is 0 Å². The minimum atomic E-state index is -0.314. The van der Waals surface area contributed by atoms with Crippen LogP contribution in [0.25, 0.3) is 0 Å². The lowest BCUT2D eigenvalue weighted by Gasteiger charge is -2.06. The van der Waals surface area contributed by atoms with Gasteiger partial charge in [0.05, 0.1) is 11.5 Å². The van der Waals surface area contributed by atoms with Crippen LogP contribution in [0.1, 0.15) is 18.4 Å². The van der Waals surface area contributed by atoms with Gasteiger partial charge in [0.2, 0.25) is 0 Å². The molecular formula is C9H7ClN2. The molecule has 1 aromatic rings. The third kappa shape index (κ3) is 0.981. The Kier molecular flexibility index (Phi) is 1.55. The van der Waals surface area contributed by atoms with Gasteiger partial charge < -0.3 is 0 Å². The normalized spacial score (nSPS) is 18.3. The van der Waals surface area contributed by atoms with Crippen LogP contribution in [0.4, 0.5) is 0 Å². The lowest BCUT2D eigenvalue weighted by molar-refractivity contribution is 0.897. The molecule has 1 heterocycles. The topological polar surface area (TPSA) is 36.7 Å². The van der Waals surface area contributed by atoms with Crippen LogP contribution in [-0.2, 0) is 5.41 Å². The Bertz CT molecular complexity index is 350. The summed E-state index contributed by atoms with van der Waals surface area (Å²) in [4.78, 5) is 3.96. The fourth-order valence-electron chi connectivity index (χ4n) is 1.30. The first kappa shape index (κ1) is 7.57. The monoisotopic (exact) mass is 178 g/mol. The average molecular weight is 179 g/mol. The Morgan fingerprint density at radius 3 is 2.83 bits per heavy atom. The summed E-state index contributed by atoms with van der Waals surface area (Å²) in [6, 6.07) is 4.02. The zero-order chi connectivity index (χ0) is 8.60. The first-order valence-electron chi connectivity index (χ1n) is 3.80. The summed E-state index contributed by atoms with van der Waals surface area (Å²) in [5, 5.41) is 9.55. The van der Waals surface area contributed by atoms with Crippen LogP contribution in [-0.4, -0.2) is 4.98 Å². The van der Waals surface area contributed by atoms with Crippen LogP contribution in [0.2, 0.25) is 5.02 Å². The van der Waals surface area contributed by atoms with Gasteiger partial charge in [-0.15, -0.1) is 0 Å². The van der Waals surface area contributed by atoms with E-state index in [1.165, 1.54) is 0 Å². The first-order chi connectivity index (χ1) is 5.78. The highest BCUT2D eigenvalue weighted by Crippen LogP contribution is 2.49. The third-order valence-electron chi connectivity index (χ3n) is 2.25. The van der Waals surface area contributed by atoms with E-state index < -0.39 is 0 Å². The second-order valence-electron chi connectivity index (χ2n) is 3.05. The van der Waals surface area contributed by atoms with E-state index in [0.717, 1.165) is 18.4 Å². The summed E-state index contributed by atoms with van der Waals surface area (Å²) in [5.74, 6) is 0. The molecule has 0 atom stereocenters. The highest BCUT2D eigenvalue weighted by atomic mass is 35.5. The van der Waals surface area contributed by atoms with Crippen LogP contribution in [0.15, 0.2) is 18.5 Å². The average Bonchev–Trinajstić information content (AvgIpc) is 2.86. The maximum atomic E-state index is 8.90. The Morgan fingerprint density at radius 2 is 2.33 bits per heavy atom. The van der Waals surface area contributed by atoms with Gasteiger partial charge in [-0.05, 0) is 18.9 Å². The molecule has 0 aliphatic heterocycles. The Balaban J connectivity index is 2.48. The second-order valence-corrected chi connectivity index (χ2v) is 3.46. The molecule has 1 fully saturated rings. The van der Waals surface area contributed by atoms with Crippen molar-refractivity contribution in [1.29, 1.82) is 5.26 Å². The van der Waals surface area contributed by atoms with Crippen molar-refractivity contribution in [2.75, 3.05) is 0 Å². The van der Waals surface area contributed by atoms with Gasteiger partial charge >= 0.3 is 0 Å². The molecule has 60 valence electrons. The van der Waals surface area contributed by atoms with Crippen molar-refractivity contribution >= 4 is 11.6 Å². The van der Waals surface area contributed by atoms with Crippen LogP contribution in [0, 0.1) is 11.3 Å². The van der Waals surface area contributed by atoms with Crippen LogP contribution in [0.3, 0.4) is 0 Å². The molecule has 0 unspecified atom stereocenters. The van der Waals surface area contributed by atoms with E-state index in [2.05, 4.69) is 11.1 Å². The molecule has 0 radical (unpaired) electrons. The summed E-state index contributed by atoms with van der Waals surface area (Å²) in [7, 11) is 0. The lowest BCUT2D eigenvalue weighted by Crippen LogP contribution is -2.03. The fraction of sp³-hybridized carbons (Fsp3) is 0.333. The zero-order valence-corrected chi connectivity index (χ0v) is 7.17. The summed E-state index contributed by atoms with van der Waals surface area (Å²) in [5.41, 5.74) is 0.569. The fourth-order valence-corrected chi connectivity index (χ4v) is 1.58. The van der Waals surface area contributed by atoms with Gasteiger partial charge in [-0.2, -0.15) is 5.26 Å². The molecule has 0 saturated heterocycles. The maximum absolute atomic E-state index is 8.90. The van der Waals surface area contributed by atoms with Crippen molar-refractivity contribution in [3.05, 3.63) is 29.0 Å². The summed E-state index contributed by atoms with van der Waals surface area (Å²) in [6.45, 7) is 0. The van der Waals surface area contributed by atoms with Crippen molar-refractivity contribution in [1.82, 2.24) is 4.98 Å². The van der Waals surface area contributed by atoms with E-state index in [9.17, 15) is 0 Å². The predicted octanol–water partition coefficient (Wildman–Crippen LogP) is 2.29. The number of pyridine rings is 1. The van der Waals surface area contributed by atoms with Crippen molar-refractivity contribution < 1.29 is 0 Å². The van der Waals surface area contributed by atoms with E-state index >= 15 is 0 Å². The van der Waals surface area contributed by atoms with Gasteiger partial charge in [0.1, 0.15) is 0 Å². The van der Waals surface area contributed by atoms with E-state index in [4.69, 9.17) is 16.9 Å². The molecule has 1 saturated carbocycles. The smallest absolute Gasteiger partial charge is 0.0853 e. The van der Waals surface area contributed by atoms with Gasteiger partial charge in [0.15, 0.2) is 0 Å². The molecule has 0 spiro atoms. The molecule has 0 amide bonds. The molecular weight excluding hydrogens is 172 g/mol. The van der Waals surface area contributed by atoms with E-state index in [-0.39, 0.29) is 5.41 Å². The van der Waals surface area contributed by atoms with Gasteiger partial charge in [-0.3, -0.25) is 4.98 Å². The van der Waals surface area contributed by atoms with Gasteiger partial charge in [0, 0.05) is 23.0 Å². The zero-order valence-electron chi connectivity index (χ0n) is 6.42. The van der Waals surface area contributed by atoms with Crippen LogP contribution >= 0.6 is 11.6 Å². The number of rotatable bonds is 1. The highest BCUT2D eigenvalue weighted by molar-refractivity contribution is 6.31. The molecule has 12 heavy (non-hydrogen) atoms. The number of nitriles is 1. The molecule has 0 bridgehead atoms. The number of hydrogen-bond donors (Lipinski definition) is 0. The number of hydrogen-bond acceptors (Lipinski definition) is 2. The molecule has 1 aromatic heterocycles. The number of aromatic nitrogens is 1. The predicted molar refractivity (Wildman–Crippen MR) is 45.8 cm³/mol. The molecule has 2 rings (SSSR count). The van der Waals surface area contributed by atoms with Crippen molar-refractivity contribution in [3.63, 3.8) is 0 Å². The largest absolute Gasteiger partial charge is 0.264 e. The number of nitrogens with zero attached hydrogens (tertiary/aromatic N) is 2. The lowest BCUT2D eigenvalue weighted by atomic mass is 10.0. The summed E-state index contributed by atoms with van der Waals surface area (Å²) in [6.07, 6.45) is 5.15.